The second-order valence-electron chi connectivity index (χ2n) is 9.14. The summed E-state index contributed by atoms with van der Waals surface area (Å²) in [6.07, 6.45) is 5.44. The van der Waals surface area contributed by atoms with Gasteiger partial charge in [-0.1, -0.05) is 0 Å². The Balaban J connectivity index is 1.22. The van der Waals surface area contributed by atoms with Crippen LogP contribution >= 0.6 is 0 Å². The number of likely N-dealkylation sites (tertiary alicyclic amines) is 1. The first-order chi connectivity index (χ1) is 15.5. The maximum Gasteiger partial charge on any atom is 0.242 e. The van der Waals surface area contributed by atoms with Crippen molar-refractivity contribution < 1.29 is 9.53 Å². The monoisotopic (exact) mass is 437 g/mol. The van der Waals surface area contributed by atoms with E-state index in [0.717, 1.165) is 65.4 Å². The first-order valence-corrected chi connectivity index (χ1v) is 11.5. The summed E-state index contributed by atoms with van der Waals surface area (Å²) in [6, 6.07) is 0. The number of pyridine rings is 1. The first-order valence-electron chi connectivity index (χ1n) is 11.5. The molecule has 0 radical (unpaired) electrons. The molecule has 4 heterocycles. The van der Waals surface area contributed by atoms with Gasteiger partial charge in [-0.05, 0) is 57.1 Å². The fraction of sp³-hybridized carbons (Fsp3) is 0.609. The molecule has 0 aromatic carbocycles. The highest BCUT2D eigenvalue weighted by Crippen LogP contribution is 2.38. The molecule has 170 valence electrons. The summed E-state index contributed by atoms with van der Waals surface area (Å²) in [4.78, 5) is 24.4. The number of nitrogens with zero attached hydrogens (tertiary/aromatic N) is 6. The molecule has 1 N–H and O–H groups in total. The van der Waals surface area contributed by atoms with Crippen LogP contribution in [-0.2, 0) is 18.3 Å². The van der Waals surface area contributed by atoms with Crippen molar-refractivity contribution in [1.29, 1.82) is 0 Å². The van der Waals surface area contributed by atoms with Gasteiger partial charge in [-0.3, -0.25) is 9.89 Å². The summed E-state index contributed by atoms with van der Waals surface area (Å²) in [5.74, 6) is 3.69. The number of ether oxygens (including phenoxy) is 1. The van der Waals surface area contributed by atoms with E-state index in [1.165, 1.54) is 12.8 Å². The Hall–Kier alpha value is -2.97. The van der Waals surface area contributed by atoms with Crippen molar-refractivity contribution in [3.05, 3.63) is 28.5 Å². The molecule has 9 heteroatoms. The van der Waals surface area contributed by atoms with Gasteiger partial charge in [0.15, 0.2) is 11.5 Å². The predicted molar refractivity (Wildman–Crippen MR) is 120 cm³/mol. The van der Waals surface area contributed by atoms with Crippen molar-refractivity contribution in [2.45, 2.75) is 64.2 Å². The Kier molecular flexibility index (Phi) is 5.35. The van der Waals surface area contributed by atoms with E-state index >= 15 is 0 Å². The maximum atomic E-state index is 13.0. The zero-order chi connectivity index (χ0) is 22.4. The van der Waals surface area contributed by atoms with E-state index in [1.807, 2.05) is 18.9 Å². The van der Waals surface area contributed by atoms with Gasteiger partial charge in [-0.15, -0.1) is 5.10 Å². The number of carbonyl (C=O) groups is 1. The smallest absolute Gasteiger partial charge is 0.242 e. The third-order valence-electron chi connectivity index (χ3n) is 7.00. The second kappa shape index (κ2) is 8.18. The van der Waals surface area contributed by atoms with Gasteiger partial charge in [-0.25, -0.2) is 14.6 Å². The minimum absolute atomic E-state index is 0.205. The maximum absolute atomic E-state index is 13.0. The number of hydrogen-bond acceptors (Lipinski definition) is 6. The van der Waals surface area contributed by atoms with Gasteiger partial charge in [0.25, 0.3) is 0 Å². The summed E-state index contributed by atoms with van der Waals surface area (Å²) in [7, 11) is 3.49. The van der Waals surface area contributed by atoms with Crippen molar-refractivity contribution in [2.75, 3.05) is 20.2 Å². The number of aromatic nitrogens is 6. The second-order valence-corrected chi connectivity index (χ2v) is 9.14. The number of hydrogen-bond donors (Lipinski definition) is 1. The summed E-state index contributed by atoms with van der Waals surface area (Å²) >= 11 is 0. The van der Waals surface area contributed by atoms with E-state index in [9.17, 15) is 4.79 Å². The first kappa shape index (κ1) is 20.9. The predicted octanol–water partition coefficient (Wildman–Crippen LogP) is 2.93. The van der Waals surface area contributed by atoms with Gasteiger partial charge < -0.3 is 9.64 Å². The number of rotatable bonds is 6. The minimum Gasteiger partial charge on any atom is -0.479 e. The van der Waals surface area contributed by atoms with E-state index in [1.54, 1.807) is 11.8 Å². The van der Waals surface area contributed by atoms with Gasteiger partial charge in [0.2, 0.25) is 11.8 Å². The Morgan fingerprint density at radius 1 is 1.12 bits per heavy atom. The van der Waals surface area contributed by atoms with Crippen LogP contribution in [0.25, 0.3) is 11.0 Å². The normalized spacial score (nSPS) is 17.3. The number of aryl methyl sites for hydroxylation is 3. The zero-order valence-electron chi connectivity index (χ0n) is 19.3. The van der Waals surface area contributed by atoms with Crippen LogP contribution in [0.4, 0.5) is 0 Å². The number of carbonyl (C=O) groups excluding carboxylic acids is 1. The SMILES string of the molecule is COc1nn(C)c2nc(C)c(CCC(=O)N3CCC(c4nc(C5CC5)n[nH]4)CC3)c(C)c12. The van der Waals surface area contributed by atoms with E-state index in [-0.39, 0.29) is 5.91 Å². The molecule has 0 bridgehead atoms. The quantitative estimate of drug-likeness (QED) is 0.636. The lowest BCUT2D eigenvalue weighted by molar-refractivity contribution is -0.132. The topological polar surface area (TPSA) is 102 Å². The number of H-pyrrole nitrogens is 1. The molecule has 2 aliphatic rings. The summed E-state index contributed by atoms with van der Waals surface area (Å²) in [6.45, 7) is 5.62. The van der Waals surface area contributed by atoms with Gasteiger partial charge >= 0.3 is 0 Å². The highest BCUT2D eigenvalue weighted by Gasteiger charge is 2.30. The molecule has 0 atom stereocenters. The number of amides is 1. The molecular formula is C23H31N7O2. The molecule has 0 unspecified atom stereocenters. The number of nitrogens with one attached hydrogen (secondary N) is 1. The molecule has 0 spiro atoms. The average molecular weight is 438 g/mol. The van der Waals surface area contributed by atoms with E-state index in [4.69, 9.17) is 14.7 Å². The molecule has 1 saturated heterocycles. The molecule has 1 aliphatic carbocycles. The zero-order valence-corrected chi connectivity index (χ0v) is 19.3. The largest absolute Gasteiger partial charge is 0.479 e. The van der Waals surface area contributed by atoms with E-state index < -0.39 is 0 Å². The Morgan fingerprint density at radius 3 is 2.56 bits per heavy atom. The van der Waals surface area contributed by atoms with Crippen LogP contribution in [0, 0.1) is 13.8 Å². The number of fused-ring (bicyclic) bond motifs is 1. The van der Waals surface area contributed by atoms with Crippen molar-refractivity contribution in [3.8, 4) is 5.88 Å². The average Bonchev–Trinajstić information content (AvgIpc) is 3.44. The van der Waals surface area contributed by atoms with Crippen molar-refractivity contribution in [3.63, 3.8) is 0 Å². The van der Waals surface area contributed by atoms with Gasteiger partial charge in [-0.2, -0.15) is 5.10 Å². The highest BCUT2D eigenvalue weighted by molar-refractivity contribution is 5.86. The summed E-state index contributed by atoms with van der Waals surface area (Å²) in [5, 5.41) is 12.9. The third-order valence-corrected chi connectivity index (χ3v) is 7.00. The fourth-order valence-corrected chi connectivity index (χ4v) is 4.89. The molecule has 32 heavy (non-hydrogen) atoms. The van der Waals surface area contributed by atoms with Crippen LogP contribution in [0.15, 0.2) is 0 Å². The van der Waals surface area contributed by atoms with Crippen LogP contribution in [0.1, 0.15) is 72.4 Å². The van der Waals surface area contributed by atoms with Gasteiger partial charge in [0.05, 0.1) is 12.5 Å². The Labute approximate surface area is 187 Å². The molecule has 1 aliphatic heterocycles. The van der Waals surface area contributed by atoms with E-state index in [2.05, 4.69) is 22.2 Å². The standard InChI is InChI=1S/C23H31N7O2/c1-13-17(14(2)24-22-19(13)23(32-4)28-29(22)3)7-8-18(31)30-11-9-16(10-12-30)21-25-20(26-27-21)15-5-6-15/h15-16H,5-12H2,1-4H3,(H,25,26,27). The molecule has 3 aromatic heterocycles. The van der Waals surface area contributed by atoms with Gasteiger partial charge in [0, 0.05) is 44.1 Å². The van der Waals surface area contributed by atoms with E-state index in [0.29, 0.717) is 30.6 Å². The lowest BCUT2D eigenvalue weighted by Gasteiger charge is -2.31. The van der Waals surface area contributed by atoms with Gasteiger partial charge in [0.1, 0.15) is 5.82 Å². The van der Waals surface area contributed by atoms with Crippen LogP contribution in [0.5, 0.6) is 5.88 Å². The molecular weight excluding hydrogens is 406 g/mol. The number of methoxy groups -OCH3 is 1. The van der Waals surface area contributed by atoms with Crippen molar-refractivity contribution in [2.24, 2.45) is 7.05 Å². The molecule has 1 saturated carbocycles. The third kappa shape index (κ3) is 3.73. The van der Waals surface area contributed by atoms with Crippen molar-refractivity contribution >= 4 is 16.9 Å². The molecule has 1 amide bonds. The lowest BCUT2D eigenvalue weighted by atomic mass is 9.95. The van der Waals surface area contributed by atoms with Crippen LogP contribution in [0.3, 0.4) is 0 Å². The molecule has 3 aromatic rings. The number of aromatic amines is 1. The Morgan fingerprint density at radius 2 is 1.88 bits per heavy atom. The van der Waals surface area contributed by atoms with Crippen LogP contribution in [0.2, 0.25) is 0 Å². The highest BCUT2D eigenvalue weighted by atomic mass is 16.5. The lowest BCUT2D eigenvalue weighted by Crippen LogP contribution is -2.38. The summed E-state index contributed by atoms with van der Waals surface area (Å²) < 4.78 is 7.20. The molecule has 9 nitrogen and oxygen atoms in total. The molecule has 2 fully saturated rings. The van der Waals surface area contributed by atoms with Crippen LogP contribution in [-0.4, -0.2) is 61.0 Å². The van der Waals surface area contributed by atoms with Crippen molar-refractivity contribution in [1.82, 2.24) is 34.8 Å². The fourth-order valence-electron chi connectivity index (χ4n) is 4.89. The summed E-state index contributed by atoms with van der Waals surface area (Å²) in [5.41, 5.74) is 3.97. The minimum atomic E-state index is 0.205. The van der Waals surface area contributed by atoms with Crippen LogP contribution < -0.4 is 4.74 Å². The number of piperidine rings is 1. The Bertz CT molecular complexity index is 1150. The molecule has 5 rings (SSSR count).